The van der Waals surface area contributed by atoms with Crippen LogP contribution in [0.5, 0.6) is 0 Å². The number of aromatic nitrogens is 2. The van der Waals surface area contributed by atoms with Crippen LogP contribution in [0.15, 0.2) is 15.8 Å². The Balaban J connectivity index is 2.09. The van der Waals surface area contributed by atoms with Crippen molar-refractivity contribution < 1.29 is 13.3 Å². The lowest BCUT2D eigenvalue weighted by Crippen LogP contribution is -2.42. The lowest BCUT2D eigenvalue weighted by molar-refractivity contribution is 0.122. The van der Waals surface area contributed by atoms with Crippen LogP contribution in [0.3, 0.4) is 0 Å². The largest absolute Gasteiger partial charge is 0.500 e. The van der Waals surface area contributed by atoms with E-state index in [1.54, 1.807) is 39.0 Å². The first kappa shape index (κ1) is 24.8. The van der Waals surface area contributed by atoms with Gasteiger partial charge in [0.05, 0.1) is 0 Å². The van der Waals surface area contributed by atoms with Crippen LogP contribution in [-0.4, -0.2) is 39.3 Å². The van der Waals surface area contributed by atoms with E-state index in [1.807, 2.05) is 0 Å². The maximum atomic E-state index is 12.1. The molecule has 0 saturated carbocycles. The van der Waals surface area contributed by atoms with Gasteiger partial charge in [-0.3, -0.25) is 9.36 Å². The van der Waals surface area contributed by atoms with Crippen molar-refractivity contribution in [3.05, 3.63) is 32.6 Å². The van der Waals surface area contributed by atoms with Gasteiger partial charge in [0.1, 0.15) is 0 Å². The molecule has 0 bridgehead atoms. The predicted octanol–water partition coefficient (Wildman–Crippen LogP) is 3.24. The molecule has 162 valence electrons. The van der Waals surface area contributed by atoms with Gasteiger partial charge in [-0.25, -0.2) is 4.79 Å². The fourth-order valence-corrected chi connectivity index (χ4v) is 5.26. The first-order chi connectivity index (χ1) is 13.4. The van der Waals surface area contributed by atoms with E-state index < -0.39 is 8.80 Å². The molecule has 0 fully saturated rings. The molecule has 0 N–H and O–H groups in total. The van der Waals surface area contributed by atoms with Gasteiger partial charge in [-0.1, -0.05) is 44.9 Å². The Kier molecular flexibility index (Phi) is 11.6. The summed E-state index contributed by atoms with van der Waals surface area (Å²) in [5.74, 6) is 0. The van der Waals surface area contributed by atoms with Crippen LogP contribution in [0, 0.1) is 6.92 Å². The Morgan fingerprint density at radius 2 is 1.29 bits per heavy atom. The number of unbranched alkanes of at least 4 members (excludes halogenated alkanes) is 8. The van der Waals surface area contributed by atoms with Gasteiger partial charge in [-0.05, 0) is 19.8 Å². The summed E-state index contributed by atoms with van der Waals surface area (Å²) in [5, 5.41) is 0. The Hall–Kier alpha value is -1.22. The third-order valence-electron chi connectivity index (χ3n) is 5.34. The van der Waals surface area contributed by atoms with Gasteiger partial charge >= 0.3 is 14.5 Å². The zero-order valence-electron chi connectivity index (χ0n) is 18.3. The van der Waals surface area contributed by atoms with Crippen LogP contribution in [0.1, 0.15) is 63.4 Å². The summed E-state index contributed by atoms with van der Waals surface area (Å²) in [5.41, 5.74) is 0.183. The highest BCUT2D eigenvalue weighted by molar-refractivity contribution is 6.60. The molecule has 0 aliphatic heterocycles. The molecule has 1 heterocycles. The minimum absolute atomic E-state index is 0.207. The summed E-state index contributed by atoms with van der Waals surface area (Å²) in [6.07, 6.45) is 12.2. The van der Waals surface area contributed by atoms with E-state index in [0.29, 0.717) is 12.1 Å². The highest BCUT2D eigenvalue weighted by Crippen LogP contribution is 2.18. The molecular formula is C20H38N2O5Si. The molecule has 0 radical (unpaired) electrons. The quantitative estimate of drug-likeness (QED) is 0.325. The molecule has 0 aliphatic rings. The molecule has 1 aromatic rings. The third-order valence-corrected chi connectivity index (χ3v) is 8.17. The Morgan fingerprint density at radius 3 is 1.79 bits per heavy atom. The van der Waals surface area contributed by atoms with Crippen molar-refractivity contribution >= 4 is 8.80 Å². The van der Waals surface area contributed by atoms with Crippen LogP contribution < -0.4 is 11.2 Å². The highest BCUT2D eigenvalue weighted by atomic mass is 28.4. The number of rotatable bonds is 15. The Labute approximate surface area is 170 Å². The molecule has 1 rings (SSSR count). The third kappa shape index (κ3) is 7.65. The van der Waals surface area contributed by atoms with E-state index in [1.165, 1.54) is 50.1 Å². The van der Waals surface area contributed by atoms with Crippen molar-refractivity contribution in [2.24, 2.45) is 7.05 Å². The summed E-state index contributed by atoms with van der Waals surface area (Å²) in [4.78, 5) is 23.8. The topological polar surface area (TPSA) is 71.7 Å². The van der Waals surface area contributed by atoms with Crippen LogP contribution in [0.4, 0.5) is 0 Å². The fraction of sp³-hybridized carbons (Fsp3) is 0.800. The van der Waals surface area contributed by atoms with E-state index in [-0.39, 0.29) is 11.2 Å². The van der Waals surface area contributed by atoms with E-state index in [0.717, 1.165) is 25.3 Å². The van der Waals surface area contributed by atoms with Crippen LogP contribution >= 0.6 is 0 Å². The monoisotopic (exact) mass is 414 g/mol. The second-order valence-electron chi connectivity index (χ2n) is 7.38. The summed E-state index contributed by atoms with van der Waals surface area (Å²) >= 11 is 0. The summed E-state index contributed by atoms with van der Waals surface area (Å²) in [6.45, 7) is 2.43. The van der Waals surface area contributed by atoms with Crippen LogP contribution in [0.25, 0.3) is 0 Å². The summed E-state index contributed by atoms with van der Waals surface area (Å²) in [7, 11) is 4.13. The Bertz CT molecular complexity index is 674. The van der Waals surface area contributed by atoms with Gasteiger partial charge in [-0.15, -0.1) is 0 Å². The summed E-state index contributed by atoms with van der Waals surface area (Å²) in [6, 6.07) is 0.875. The van der Waals surface area contributed by atoms with E-state index >= 15 is 0 Å². The number of aryl methyl sites for hydroxylation is 2. The fourth-order valence-electron chi connectivity index (χ4n) is 3.47. The molecule has 0 aromatic carbocycles. The van der Waals surface area contributed by atoms with Gasteiger partial charge in [-0.2, -0.15) is 0 Å². The highest BCUT2D eigenvalue weighted by Gasteiger charge is 2.36. The number of hydrogen-bond acceptors (Lipinski definition) is 5. The van der Waals surface area contributed by atoms with Crippen molar-refractivity contribution in [3.63, 3.8) is 0 Å². The molecule has 0 unspecified atom stereocenters. The lowest BCUT2D eigenvalue weighted by atomic mass is 10.1. The predicted molar refractivity (Wildman–Crippen MR) is 114 cm³/mol. The van der Waals surface area contributed by atoms with Crippen LogP contribution in [-0.2, 0) is 26.9 Å². The zero-order valence-corrected chi connectivity index (χ0v) is 19.3. The normalized spacial score (nSPS) is 11.9. The Morgan fingerprint density at radius 1 is 0.821 bits per heavy atom. The standard InChI is InChI=1S/C20H38N2O5Si/c1-18-17-22(20(24)21(2)19(18)23)15-13-11-9-7-6-8-10-12-14-16-28(25-3,26-4)27-5/h17H,6-16H2,1-5H3. The number of hydrogen-bond donors (Lipinski definition) is 0. The molecule has 0 amide bonds. The molecule has 28 heavy (non-hydrogen) atoms. The molecule has 1 aromatic heterocycles. The average Bonchev–Trinajstić information content (AvgIpc) is 2.71. The van der Waals surface area contributed by atoms with Crippen LogP contribution in [0.2, 0.25) is 6.04 Å². The summed E-state index contributed by atoms with van der Waals surface area (Å²) < 4.78 is 19.1. The number of nitrogens with zero attached hydrogens (tertiary/aromatic N) is 2. The van der Waals surface area contributed by atoms with Gasteiger partial charge < -0.3 is 17.8 Å². The first-order valence-corrected chi connectivity index (χ1v) is 12.3. The van der Waals surface area contributed by atoms with E-state index in [2.05, 4.69) is 0 Å². The minimum atomic E-state index is -2.39. The zero-order chi connectivity index (χ0) is 21.0. The average molecular weight is 415 g/mol. The molecule has 7 nitrogen and oxygen atoms in total. The maximum absolute atomic E-state index is 12.1. The molecular weight excluding hydrogens is 376 g/mol. The van der Waals surface area contributed by atoms with Crippen molar-refractivity contribution in [3.8, 4) is 0 Å². The van der Waals surface area contributed by atoms with Gasteiger partial charge in [0.25, 0.3) is 5.56 Å². The molecule has 0 aliphatic carbocycles. The SMILES string of the molecule is CO[Si](CCCCCCCCCCCn1cc(C)c(=O)n(C)c1=O)(OC)OC. The van der Waals surface area contributed by atoms with Crippen molar-refractivity contribution in [1.29, 1.82) is 0 Å². The van der Waals surface area contributed by atoms with E-state index in [4.69, 9.17) is 13.3 Å². The second-order valence-corrected chi connectivity index (χ2v) is 10.5. The second kappa shape index (κ2) is 13.1. The van der Waals surface area contributed by atoms with Gasteiger partial charge in [0, 0.05) is 52.7 Å². The van der Waals surface area contributed by atoms with Crippen molar-refractivity contribution in [2.75, 3.05) is 21.3 Å². The maximum Gasteiger partial charge on any atom is 0.500 e. The lowest BCUT2D eigenvalue weighted by Gasteiger charge is -2.24. The minimum Gasteiger partial charge on any atom is -0.377 e. The molecule has 0 saturated heterocycles. The van der Waals surface area contributed by atoms with Crippen molar-refractivity contribution in [1.82, 2.24) is 9.13 Å². The van der Waals surface area contributed by atoms with E-state index in [9.17, 15) is 9.59 Å². The molecule has 0 atom stereocenters. The van der Waals surface area contributed by atoms with Gasteiger partial charge in [0.2, 0.25) is 0 Å². The molecule has 8 heteroatoms. The van der Waals surface area contributed by atoms with Crippen molar-refractivity contribution in [2.45, 2.75) is 77.3 Å². The molecule has 0 spiro atoms. The van der Waals surface area contributed by atoms with Gasteiger partial charge in [0.15, 0.2) is 0 Å². The smallest absolute Gasteiger partial charge is 0.377 e. The first-order valence-electron chi connectivity index (χ1n) is 10.3.